The minimum atomic E-state index is 0.110. The Labute approximate surface area is 70.7 Å². The first-order chi connectivity index (χ1) is 5.88. The maximum Gasteiger partial charge on any atom is 0.113 e. The number of aromatic nitrogens is 3. The zero-order chi connectivity index (χ0) is 8.39. The lowest BCUT2D eigenvalue weighted by atomic mass is 10.2. The lowest BCUT2D eigenvalue weighted by Crippen LogP contribution is -2.34. The number of nitrogens with one attached hydrogen (secondary N) is 1. The highest BCUT2D eigenvalue weighted by atomic mass is 16.5. The van der Waals surface area contributed by atoms with Crippen LogP contribution in [0.25, 0.3) is 0 Å². The third kappa shape index (κ3) is 1.33. The fraction of sp³-hybridized carbons (Fsp3) is 0.714. The topological polar surface area (TPSA) is 52.0 Å². The molecule has 0 amide bonds. The summed E-state index contributed by atoms with van der Waals surface area (Å²) in [6, 6.07) is 0. The normalized spacial score (nSPS) is 24.2. The Morgan fingerprint density at radius 2 is 2.67 bits per heavy atom. The molecule has 1 unspecified atom stereocenters. The van der Waals surface area contributed by atoms with Crippen LogP contribution in [0.2, 0.25) is 0 Å². The van der Waals surface area contributed by atoms with Gasteiger partial charge in [-0.15, -0.1) is 5.10 Å². The van der Waals surface area contributed by atoms with E-state index in [0.29, 0.717) is 0 Å². The van der Waals surface area contributed by atoms with Crippen LogP contribution in [-0.4, -0.2) is 34.7 Å². The molecule has 1 saturated heterocycles. The van der Waals surface area contributed by atoms with Crippen LogP contribution >= 0.6 is 0 Å². The number of rotatable bonds is 1. The molecule has 2 heterocycles. The molecular weight excluding hydrogens is 156 g/mol. The van der Waals surface area contributed by atoms with Crippen LogP contribution in [0.3, 0.4) is 0 Å². The van der Waals surface area contributed by atoms with Crippen molar-refractivity contribution in [1.82, 2.24) is 20.3 Å². The van der Waals surface area contributed by atoms with E-state index < -0.39 is 0 Å². The average molecular weight is 168 g/mol. The summed E-state index contributed by atoms with van der Waals surface area (Å²) >= 11 is 0. The number of morpholine rings is 1. The first kappa shape index (κ1) is 7.70. The Morgan fingerprint density at radius 1 is 1.75 bits per heavy atom. The standard InChI is InChI=1S/C7H12N4O/c1-11-6(4-9-10-11)7-5-8-2-3-12-7/h4,7-8H,2-3,5H2,1H3. The van der Waals surface area contributed by atoms with Gasteiger partial charge in [-0.1, -0.05) is 5.21 Å². The maximum absolute atomic E-state index is 5.54. The monoisotopic (exact) mass is 168 g/mol. The van der Waals surface area contributed by atoms with Crippen LogP contribution in [0.5, 0.6) is 0 Å². The number of aryl methyl sites for hydroxylation is 1. The van der Waals surface area contributed by atoms with Crippen molar-refractivity contribution in [3.8, 4) is 0 Å². The smallest absolute Gasteiger partial charge is 0.113 e. The molecule has 5 heteroatoms. The van der Waals surface area contributed by atoms with E-state index in [9.17, 15) is 0 Å². The van der Waals surface area contributed by atoms with Crippen molar-refractivity contribution in [1.29, 1.82) is 0 Å². The van der Waals surface area contributed by atoms with Gasteiger partial charge in [-0.3, -0.25) is 0 Å². The third-order valence-corrected chi connectivity index (χ3v) is 2.01. The molecule has 0 aliphatic carbocycles. The molecule has 1 N–H and O–H groups in total. The Morgan fingerprint density at radius 3 is 3.25 bits per heavy atom. The molecule has 0 radical (unpaired) electrons. The van der Waals surface area contributed by atoms with E-state index in [2.05, 4.69) is 15.6 Å². The number of nitrogens with zero attached hydrogens (tertiary/aromatic N) is 3. The SMILES string of the molecule is Cn1nncc1C1CNCCO1. The summed E-state index contributed by atoms with van der Waals surface area (Å²) < 4.78 is 7.29. The van der Waals surface area contributed by atoms with Crippen LogP contribution < -0.4 is 5.32 Å². The fourth-order valence-electron chi connectivity index (χ4n) is 1.34. The summed E-state index contributed by atoms with van der Waals surface area (Å²) in [7, 11) is 1.88. The van der Waals surface area contributed by atoms with Gasteiger partial charge in [-0.25, -0.2) is 4.68 Å². The minimum absolute atomic E-state index is 0.110. The quantitative estimate of drug-likeness (QED) is 0.613. The van der Waals surface area contributed by atoms with Crippen molar-refractivity contribution >= 4 is 0 Å². The third-order valence-electron chi connectivity index (χ3n) is 2.01. The molecule has 1 aliphatic rings. The molecule has 0 bridgehead atoms. The number of hydrogen-bond donors (Lipinski definition) is 1. The molecule has 0 spiro atoms. The Bertz CT molecular complexity index is 254. The molecule has 5 nitrogen and oxygen atoms in total. The predicted molar refractivity (Wildman–Crippen MR) is 42.6 cm³/mol. The first-order valence-electron chi connectivity index (χ1n) is 4.05. The Hall–Kier alpha value is -0.940. The van der Waals surface area contributed by atoms with Gasteiger partial charge in [0.2, 0.25) is 0 Å². The summed E-state index contributed by atoms with van der Waals surface area (Å²) in [4.78, 5) is 0. The highest BCUT2D eigenvalue weighted by Crippen LogP contribution is 2.15. The van der Waals surface area contributed by atoms with Crippen molar-refractivity contribution in [2.24, 2.45) is 7.05 Å². The molecule has 0 aromatic carbocycles. The molecule has 1 atom stereocenters. The second-order valence-electron chi connectivity index (χ2n) is 2.85. The molecule has 12 heavy (non-hydrogen) atoms. The van der Waals surface area contributed by atoms with Gasteiger partial charge in [0.25, 0.3) is 0 Å². The van der Waals surface area contributed by atoms with Gasteiger partial charge < -0.3 is 10.1 Å². The van der Waals surface area contributed by atoms with Gasteiger partial charge >= 0.3 is 0 Å². The Balaban J connectivity index is 2.13. The second-order valence-corrected chi connectivity index (χ2v) is 2.85. The van der Waals surface area contributed by atoms with E-state index >= 15 is 0 Å². The van der Waals surface area contributed by atoms with E-state index in [1.54, 1.807) is 10.9 Å². The summed E-state index contributed by atoms with van der Waals surface area (Å²) in [6.07, 6.45) is 1.86. The number of ether oxygens (including phenoxy) is 1. The lowest BCUT2D eigenvalue weighted by Gasteiger charge is -2.22. The molecule has 1 aromatic heterocycles. The molecular formula is C7H12N4O. The van der Waals surface area contributed by atoms with E-state index in [0.717, 1.165) is 25.4 Å². The van der Waals surface area contributed by atoms with Crippen LogP contribution in [0.15, 0.2) is 6.20 Å². The van der Waals surface area contributed by atoms with Crippen molar-refractivity contribution in [2.45, 2.75) is 6.10 Å². The van der Waals surface area contributed by atoms with Gasteiger partial charge in [0.1, 0.15) is 6.10 Å². The van der Waals surface area contributed by atoms with Gasteiger partial charge in [0.15, 0.2) is 0 Å². The van der Waals surface area contributed by atoms with Crippen LogP contribution in [0.4, 0.5) is 0 Å². The molecule has 1 fully saturated rings. The second kappa shape index (κ2) is 3.20. The highest BCUT2D eigenvalue weighted by Gasteiger charge is 2.18. The van der Waals surface area contributed by atoms with Crippen molar-refractivity contribution < 1.29 is 4.74 Å². The van der Waals surface area contributed by atoms with Gasteiger partial charge in [-0.2, -0.15) is 0 Å². The summed E-state index contributed by atoms with van der Waals surface area (Å²) in [5.41, 5.74) is 1.03. The summed E-state index contributed by atoms with van der Waals surface area (Å²) in [6.45, 7) is 2.54. The largest absolute Gasteiger partial charge is 0.369 e. The van der Waals surface area contributed by atoms with Crippen LogP contribution in [0.1, 0.15) is 11.8 Å². The molecule has 2 rings (SSSR count). The number of hydrogen-bond acceptors (Lipinski definition) is 4. The average Bonchev–Trinajstić information content (AvgIpc) is 2.53. The molecule has 1 aromatic rings. The predicted octanol–water partition coefficient (Wildman–Crippen LogP) is -0.524. The van der Waals surface area contributed by atoms with Gasteiger partial charge in [0, 0.05) is 20.1 Å². The van der Waals surface area contributed by atoms with E-state index in [1.165, 1.54) is 0 Å². The van der Waals surface area contributed by atoms with Crippen molar-refractivity contribution in [3.63, 3.8) is 0 Å². The summed E-state index contributed by atoms with van der Waals surface area (Å²) in [5, 5.41) is 10.9. The Kier molecular flexibility index (Phi) is 2.05. The van der Waals surface area contributed by atoms with Gasteiger partial charge in [0.05, 0.1) is 18.5 Å². The first-order valence-corrected chi connectivity index (χ1v) is 4.05. The zero-order valence-electron chi connectivity index (χ0n) is 7.03. The molecule has 1 aliphatic heterocycles. The fourth-order valence-corrected chi connectivity index (χ4v) is 1.34. The van der Waals surface area contributed by atoms with E-state index in [4.69, 9.17) is 4.74 Å². The lowest BCUT2D eigenvalue weighted by molar-refractivity contribution is 0.0227. The van der Waals surface area contributed by atoms with E-state index in [-0.39, 0.29) is 6.10 Å². The molecule has 0 saturated carbocycles. The molecule has 66 valence electrons. The van der Waals surface area contributed by atoms with E-state index in [1.807, 2.05) is 7.05 Å². The zero-order valence-corrected chi connectivity index (χ0v) is 7.03. The summed E-state index contributed by atoms with van der Waals surface area (Å²) in [5.74, 6) is 0. The minimum Gasteiger partial charge on any atom is -0.369 e. The van der Waals surface area contributed by atoms with Gasteiger partial charge in [-0.05, 0) is 0 Å². The maximum atomic E-state index is 5.54. The van der Waals surface area contributed by atoms with Crippen molar-refractivity contribution in [3.05, 3.63) is 11.9 Å². The van der Waals surface area contributed by atoms with Crippen LogP contribution in [-0.2, 0) is 11.8 Å². The highest BCUT2D eigenvalue weighted by molar-refractivity contribution is 5.00. The van der Waals surface area contributed by atoms with Crippen LogP contribution in [0, 0.1) is 0 Å². The van der Waals surface area contributed by atoms with Crippen molar-refractivity contribution in [2.75, 3.05) is 19.7 Å².